The minimum Gasteiger partial charge on any atom is -0.378 e. The third-order valence-electron chi connectivity index (χ3n) is 3.24. The topological polar surface area (TPSA) is 21.3 Å². The van der Waals surface area contributed by atoms with Gasteiger partial charge in [0.15, 0.2) is 0 Å². The van der Waals surface area contributed by atoms with Gasteiger partial charge < -0.3 is 10.1 Å². The van der Waals surface area contributed by atoms with Crippen molar-refractivity contribution in [1.82, 2.24) is 5.32 Å². The zero-order chi connectivity index (χ0) is 11.4. The van der Waals surface area contributed by atoms with Gasteiger partial charge in [0, 0.05) is 17.5 Å². The quantitative estimate of drug-likeness (QED) is 0.851. The number of hydrogen-bond acceptors (Lipinski definition) is 3. The van der Waals surface area contributed by atoms with Gasteiger partial charge in [0.1, 0.15) is 0 Å². The Balaban J connectivity index is 1.71. The third-order valence-corrected chi connectivity index (χ3v) is 4.44. The molecule has 0 spiro atoms. The van der Waals surface area contributed by atoms with Crippen molar-refractivity contribution in [1.29, 1.82) is 0 Å². The first-order valence-corrected chi connectivity index (χ1v) is 7.04. The fourth-order valence-corrected chi connectivity index (χ4v) is 3.21. The molecule has 0 radical (unpaired) electrons. The summed E-state index contributed by atoms with van der Waals surface area (Å²) in [4.78, 5) is 1.47. The van der Waals surface area contributed by atoms with Crippen molar-refractivity contribution in [2.75, 3.05) is 13.2 Å². The van der Waals surface area contributed by atoms with Crippen molar-refractivity contribution in [3.8, 4) is 0 Å². The average molecular weight is 239 g/mol. The van der Waals surface area contributed by atoms with Gasteiger partial charge >= 0.3 is 0 Å². The molecule has 16 heavy (non-hydrogen) atoms. The second-order valence-corrected chi connectivity index (χ2v) is 5.52. The highest BCUT2D eigenvalue weighted by Gasteiger charge is 2.15. The third kappa shape index (κ3) is 3.06. The zero-order valence-corrected chi connectivity index (χ0v) is 11.0. The Morgan fingerprint density at radius 1 is 1.62 bits per heavy atom. The van der Waals surface area contributed by atoms with Crippen LogP contribution in [0.5, 0.6) is 0 Å². The SMILES string of the molecule is Cc1ccsc1C(C)NCCC1CCCO1. The maximum absolute atomic E-state index is 5.61. The van der Waals surface area contributed by atoms with Crippen LogP contribution in [0, 0.1) is 6.92 Å². The van der Waals surface area contributed by atoms with Gasteiger partial charge in [0.05, 0.1) is 6.10 Å². The van der Waals surface area contributed by atoms with Crippen LogP contribution in [0.15, 0.2) is 11.4 Å². The fraction of sp³-hybridized carbons (Fsp3) is 0.692. The first-order valence-electron chi connectivity index (χ1n) is 6.16. The van der Waals surface area contributed by atoms with Crippen LogP contribution in [0.4, 0.5) is 0 Å². The van der Waals surface area contributed by atoms with Gasteiger partial charge in [-0.3, -0.25) is 0 Å². The second-order valence-electron chi connectivity index (χ2n) is 4.57. The van der Waals surface area contributed by atoms with Crippen molar-refractivity contribution >= 4 is 11.3 Å². The molecule has 0 amide bonds. The summed E-state index contributed by atoms with van der Waals surface area (Å²) in [7, 11) is 0. The van der Waals surface area contributed by atoms with Gasteiger partial charge in [-0.05, 0) is 56.7 Å². The molecule has 1 aromatic heterocycles. The summed E-state index contributed by atoms with van der Waals surface area (Å²) >= 11 is 1.85. The summed E-state index contributed by atoms with van der Waals surface area (Å²) in [5, 5.41) is 5.75. The summed E-state index contributed by atoms with van der Waals surface area (Å²) in [6, 6.07) is 2.67. The first-order chi connectivity index (χ1) is 7.77. The molecule has 0 aliphatic carbocycles. The van der Waals surface area contributed by atoms with Crippen LogP contribution in [0.25, 0.3) is 0 Å². The van der Waals surface area contributed by atoms with Gasteiger partial charge in [-0.25, -0.2) is 0 Å². The molecule has 2 unspecified atom stereocenters. The van der Waals surface area contributed by atoms with E-state index in [9.17, 15) is 0 Å². The Morgan fingerprint density at radius 2 is 2.50 bits per heavy atom. The minimum atomic E-state index is 0.474. The molecule has 2 rings (SSSR count). The van der Waals surface area contributed by atoms with Crippen LogP contribution in [-0.4, -0.2) is 19.3 Å². The second kappa shape index (κ2) is 5.80. The molecule has 1 fully saturated rings. The smallest absolute Gasteiger partial charge is 0.0588 e. The van der Waals surface area contributed by atoms with E-state index >= 15 is 0 Å². The molecule has 90 valence electrons. The lowest BCUT2D eigenvalue weighted by Crippen LogP contribution is -2.23. The number of thiophene rings is 1. The van der Waals surface area contributed by atoms with Crippen LogP contribution < -0.4 is 5.32 Å². The van der Waals surface area contributed by atoms with Crippen LogP contribution in [-0.2, 0) is 4.74 Å². The summed E-state index contributed by atoms with van der Waals surface area (Å²) in [6.07, 6.45) is 4.14. The summed E-state index contributed by atoms with van der Waals surface area (Å²) in [6.45, 7) is 6.45. The standard InChI is InChI=1S/C13H21NOS/c1-10-6-9-16-13(10)11(2)14-7-5-12-4-3-8-15-12/h6,9,11-12,14H,3-5,7-8H2,1-2H3. The van der Waals surface area contributed by atoms with E-state index in [2.05, 4.69) is 30.6 Å². The summed E-state index contributed by atoms with van der Waals surface area (Å²) in [5.74, 6) is 0. The number of aryl methyl sites for hydroxylation is 1. The molecule has 1 N–H and O–H groups in total. The van der Waals surface area contributed by atoms with E-state index in [4.69, 9.17) is 4.74 Å². The van der Waals surface area contributed by atoms with Crippen LogP contribution >= 0.6 is 11.3 Å². The molecular formula is C13H21NOS. The van der Waals surface area contributed by atoms with E-state index in [0.29, 0.717) is 12.1 Å². The molecule has 2 nitrogen and oxygen atoms in total. The molecule has 1 saturated heterocycles. The van der Waals surface area contributed by atoms with E-state index < -0.39 is 0 Å². The number of hydrogen-bond donors (Lipinski definition) is 1. The van der Waals surface area contributed by atoms with Gasteiger partial charge in [-0.1, -0.05) is 0 Å². The molecule has 0 bridgehead atoms. The van der Waals surface area contributed by atoms with Crippen molar-refractivity contribution in [3.05, 3.63) is 21.9 Å². The Hall–Kier alpha value is -0.380. The molecule has 0 saturated carbocycles. The fourth-order valence-electron chi connectivity index (χ4n) is 2.25. The average Bonchev–Trinajstić information content (AvgIpc) is 2.88. The molecule has 1 aliphatic rings. The minimum absolute atomic E-state index is 0.474. The molecular weight excluding hydrogens is 218 g/mol. The Labute approximate surface area is 102 Å². The van der Waals surface area contributed by atoms with Crippen molar-refractivity contribution < 1.29 is 4.74 Å². The molecule has 3 heteroatoms. The molecule has 0 aromatic carbocycles. The number of rotatable bonds is 5. The van der Waals surface area contributed by atoms with Gasteiger partial charge in [0.2, 0.25) is 0 Å². The predicted octanol–water partition coefficient (Wildman–Crippen LogP) is 3.28. The predicted molar refractivity (Wildman–Crippen MR) is 69.1 cm³/mol. The van der Waals surface area contributed by atoms with Crippen LogP contribution in [0.2, 0.25) is 0 Å². The van der Waals surface area contributed by atoms with E-state index in [-0.39, 0.29) is 0 Å². The van der Waals surface area contributed by atoms with Crippen molar-refractivity contribution in [2.45, 2.75) is 45.3 Å². The maximum atomic E-state index is 5.61. The highest BCUT2D eigenvalue weighted by atomic mass is 32.1. The Bertz CT molecular complexity index is 317. The summed E-state index contributed by atoms with van der Waals surface area (Å²) < 4.78 is 5.61. The van der Waals surface area contributed by atoms with E-state index in [0.717, 1.165) is 19.6 Å². The number of nitrogens with one attached hydrogen (secondary N) is 1. The molecule has 1 aromatic rings. The number of ether oxygens (including phenoxy) is 1. The summed E-state index contributed by atoms with van der Waals surface area (Å²) in [5.41, 5.74) is 1.40. The maximum Gasteiger partial charge on any atom is 0.0588 e. The van der Waals surface area contributed by atoms with Gasteiger partial charge in [-0.15, -0.1) is 11.3 Å². The van der Waals surface area contributed by atoms with Gasteiger partial charge in [-0.2, -0.15) is 0 Å². The lowest BCUT2D eigenvalue weighted by molar-refractivity contribution is 0.103. The first kappa shape index (κ1) is 12.1. The van der Waals surface area contributed by atoms with Crippen molar-refractivity contribution in [2.24, 2.45) is 0 Å². The Kier molecular flexibility index (Phi) is 4.38. The molecule has 1 aliphatic heterocycles. The van der Waals surface area contributed by atoms with E-state index in [1.54, 1.807) is 0 Å². The lowest BCUT2D eigenvalue weighted by atomic mass is 10.1. The van der Waals surface area contributed by atoms with Crippen molar-refractivity contribution in [3.63, 3.8) is 0 Å². The van der Waals surface area contributed by atoms with Crippen LogP contribution in [0.1, 0.15) is 42.7 Å². The zero-order valence-electron chi connectivity index (χ0n) is 10.2. The van der Waals surface area contributed by atoms with Crippen LogP contribution in [0.3, 0.4) is 0 Å². The molecule has 2 heterocycles. The highest BCUT2D eigenvalue weighted by Crippen LogP contribution is 2.23. The molecule has 2 atom stereocenters. The van der Waals surface area contributed by atoms with Gasteiger partial charge in [0.25, 0.3) is 0 Å². The normalized spacial score (nSPS) is 22.5. The monoisotopic (exact) mass is 239 g/mol. The van der Waals surface area contributed by atoms with E-state index in [1.807, 2.05) is 11.3 Å². The van der Waals surface area contributed by atoms with E-state index in [1.165, 1.54) is 23.3 Å². The highest BCUT2D eigenvalue weighted by molar-refractivity contribution is 7.10. The largest absolute Gasteiger partial charge is 0.378 e. The Morgan fingerprint density at radius 3 is 3.12 bits per heavy atom. The lowest BCUT2D eigenvalue weighted by Gasteiger charge is -2.15.